The highest BCUT2D eigenvalue weighted by Crippen LogP contribution is 2.32. The van der Waals surface area contributed by atoms with Gasteiger partial charge in [-0.2, -0.15) is 0 Å². The van der Waals surface area contributed by atoms with Gasteiger partial charge in [0.1, 0.15) is 11.2 Å². The molecule has 2 aliphatic rings. The highest BCUT2D eigenvalue weighted by Gasteiger charge is 2.16. The van der Waals surface area contributed by atoms with Crippen LogP contribution in [-0.4, -0.2) is 18.1 Å². The van der Waals surface area contributed by atoms with Crippen molar-refractivity contribution in [3.05, 3.63) is 57.2 Å². The molecule has 0 amide bonds. The molecule has 25 heavy (non-hydrogen) atoms. The fraction of sp³-hybridized carbons (Fsp3) is 0.200. The number of nitrogens with zero attached hydrogens (tertiary/aromatic N) is 2. The molecule has 0 N–H and O–H groups in total. The van der Waals surface area contributed by atoms with Crippen molar-refractivity contribution in [2.75, 3.05) is 18.0 Å². The van der Waals surface area contributed by atoms with Crippen molar-refractivity contribution in [1.82, 2.24) is 4.98 Å². The normalized spacial score (nSPS) is 11.5. The van der Waals surface area contributed by atoms with Crippen LogP contribution >= 0.6 is 15.9 Å². The second kappa shape index (κ2) is 6.15. The molecular weight excluding hydrogens is 380 g/mol. The highest BCUT2D eigenvalue weighted by molar-refractivity contribution is 9.10. The Morgan fingerprint density at radius 2 is 1.84 bits per heavy atom. The summed E-state index contributed by atoms with van der Waals surface area (Å²) in [5.74, 6) is 0.518. The summed E-state index contributed by atoms with van der Waals surface area (Å²) < 4.78 is 6.92. The summed E-state index contributed by atoms with van der Waals surface area (Å²) in [6, 6.07) is 13.2. The standard InChI is InChI=1S/C20H17BrN2O2/c1-3-23(4-2)13-6-8-16-18(10-13)25-19-11-17(24)15-9-12(21)5-7-14(15)20(19)22-16/h5-11H,3-4H2,1-2H3. The van der Waals surface area contributed by atoms with Gasteiger partial charge in [0.2, 0.25) is 0 Å². The topological polar surface area (TPSA) is 46.3 Å². The molecule has 0 spiro atoms. The Hall–Kier alpha value is -2.40. The highest BCUT2D eigenvalue weighted by atomic mass is 79.9. The van der Waals surface area contributed by atoms with Crippen molar-refractivity contribution in [3.63, 3.8) is 0 Å². The molecule has 0 bridgehead atoms. The maximum absolute atomic E-state index is 12.4. The van der Waals surface area contributed by atoms with E-state index < -0.39 is 0 Å². The van der Waals surface area contributed by atoms with Gasteiger partial charge in [-0.3, -0.25) is 4.79 Å². The third-order valence-corrected chi connectivity index (χ3v) is 5.02. The van der Waals surface area contributed by atoms with Gasteiger partial charge in [0.25, 0.3) is 0 Å². The Labute approximate surface area is 153 Å². The first-order valence-electron chi connectivity index (χ1n) is 8.32. The summed E-state index contributed by atoms with van der Waals surface area (Å²) in [5.41, 5.74) is 3.22. The molecule has 4 rings (SSSR count). The molecule has 126 valence electrons. The molecule has 0 saturated carbocycles. The molecule has 0 unspecified atom stereocenters. The fourth-order valence-electron chi connectivity index (χ4n) is 3.22. The predicted octanol–water partition coefficient (Wildman–Crippen LogP) is 5.05. The van der Waals surface area contributed by atoms with Crippen molar-refractivity contribution in [2.24, 2.45) is 0 Å². The van der Waals surface area contributed by atoms with Crippen LogP contribution in [0.15, 0.2) is 56.1 Å². The zero-order valence-electron chi connectivity index (χ0n) is 14.0. The zero-order valence-corrected chi connectivity index (χ0v) is 15.6. The Bertz CT molecular complexity index is 1120. The first-order valence-corrected chi connectivity index (χ1v) is 9.12. The van der Waals surface area contributed by atoms with Crippen LogP contribution in [0.25, 0.3) is 33.3 Å². The van der Waals surface area contributed by atoms with E-state index in [1.807, 2.05) is 30.3 Å². The fourth-order valence-corrected chi connectivity index (χ4v) is 3.58. The third kappa shape index (κ3) is 2.68. The number of rotatable bonds is 3. The summed E-state index contributed by atoms with van der Waals surface area (Å²) in [5, 5.41) is 1.45. The summed E-state index contributed by atoms with van der Waals surface area (Å²) in [4.78, 5) is 19.4. The SMILES string of the molecule is CCN(CC)c1ccc2nc3c4ccc(Br)cc4c(=O)cc-3oc2c1. The number of hydrogen-bond acceptors (Lipinski definition) is 4. The molecule has 2 aromatic rings. The lowest BCUT2D eigenvalue weighted by Crippen LogP contribution is -2.21. The van der Waals surface area contributed by atoms with Gasteiger partial charge in [-0.15, -0.1) is 0 Å². The Morgan fingerprint density at radius 3 is 2.60 bits per heavy atom. The minimum Gasteiger partial charge on any atom is -0.453 e. The molecular formula is C20H17BrN2O2. The van der Waals surface area contributed by atoms with Crippen LogP contribution in [0.2, 0.25) is 0 Å². The van der Waals surface area contributed by atoms with Crippen molar-refractivity contribution in [2.45, 2.75) is 13.8 Å². The van der Waals surface area contributed by atoms with E-state index in [0.29, 0.717) is 22.4 Å². The van der Waals surface area contributed by atoms with Gasteiger partial charge in [0.05, 0.1) is 0 Å². The van der Waals surface area contributed by atoms with Gasteiger partial charge < -0.3 is 9.32 Å². The predicted molar refractivity (Wildman–Crippen MR) is 106 cm³/mol. The minimum atomic E-state index is -0.0615. The van der Waals surface area contributed by atoms with Crippen LogP contribution in [0.4, 0.5) is 5.69 Å². The first-order chi connectivity index (χ1) is 12.1. The molecule has 1 heterocycles. The summed E-state index contributed by atoms with van der Waals surface area (Å²) >= 11 is 3.42. The number of benzene rings is 3. The van der Waals surface area contributed by atoms with Crippen molar-refractivity contribution >= 4 is 43.5 Å². The molecule has 1 aliphatic carbocycles. The Kier molecular flexibility index (Phi) is 3.96. The van der Waals surface area contributed by atoms with E-state index in [0.717, 1.165) is 34.2 Å². The lowest BCUT2D eigenvalue weighted by atomic mass is 10.0. The summed E-state index contributed by atoms with van der Waals surface area (Å²) in [6.45, 7) is 6.09. The van der Waals surface area contributed by atoms with Gasteiger partial charge in [0.15, 0.2) is 16.8 Å². The molecule has 0 saturated heterocycles. The van der Waals surface area contributed by atoms with Crippen molar-refractivity contribution in [1.29, 1.82) is 0 Å². The van der Waals surface area contributed by atoms with E-state index >= 15 is 0 Å². The Balaban J connectivity index is 2.02. The van der Waals surface area contributed by atoms with Crippen LogP contribution in [-0.2, 0) is 0 Å². The summed E-state index contributed by atoms with van der Waals surface area (Å²) in [7, 11) is 0. The van der Waals surface area contributed by atoms with Gasteiger partial charge >= 0.3 is 0 Å². The Morgan fingerprint density at radius 1 is 1.04 bits per heavy atom. The number of halogens is 1. The molecule has 1 aliphatic heterocycles. The average molecular weight is 397 g/mol. The maximum Gasteiger partial charge on any atom is 0.190 e. The lowest BCUT2D eigenvalue weighted by molar-refractivity contribution is 0.613. The van der Waals surface area contributed by atoms with Crippen molar-refractivity contribution in [3.8, 4) is 11.5 Å². The van der Waals surface area contributed by atoms with Crippen LogP contribution in [0.5, 0.6) is 0 Å². The molecule has 5 heteroatoms. The van der Waals surface area contributed by atoms with E-state index in [1.54, 1.807) is 0 Å². The van der Waals surface area contributed by atoms with Crippen LogP contribution in [0, 0.1) is 0 Å². The second-order valence-electron chi connectivity index (χ2n) is 5.95. The monoisotopic (exact) mass is 396 g/mol. The quantitative estimate of drug-likeness (QED) is 0.358. The molecule has 2 aromatic carbocycles. The maximum atomic E-state index is 12.4. The zero-order chi connectivity index (χ0) is 17.6. The summed E-state index contributed by atoms with van der Waals surface area (Å²) in [6.07, 6.45) is 0. The number of hydrogen-bond donors (Lipinski definition) is 0. The van der Waals surface area contributed by atoms with E-state index in [9.17, 15) is 4.79 Å². The van der Waals surface area contributed by atoms with Crippen LogP contribution in [0.1, 0.15) is 13.8 Å². The van der Waals surface area contributed by atoms with E-state index in [2.05, 4.69) is 40.7 Å². The van der Waals surface area contributed by atoms with Crippen molar-refractivity contribution < 1.29 is 4.42 Å². The van der Waals surface area contributed by atoms with Crippen LogP contribution < -0.4 is 10.3 Å². The smallest absolute Gasteiger partial charge is 0.190 e. The minimum absolute atomic E-state index is 0.0615. The van der Waals surface area contributed by atoms with E-state index in [4.69, 9.17) is 9.40 Å². The van der Waals surface area contributed by atoms with E-state index in [-0.39, 0.29) is 5.43 Å². The van der Waals surface area contributed by atoms with Crippen LogP contribution in [0.3, 0.4) is 0 Å². The molecule has 0 fully saturated rings. The van der Waals surface area contributed by atoms with E-state index in [1.165, 1.54) is 6.07 Å². The van der Waals surface area contributed by atoms with Gasteiger partial charge in [-0.1, -0.05) is 22.0 Å². The molecule has 4 nitrogen and oxygen atoms in total. The largest absolute Gasteiger partial charge is 0.453 e. The van der Waals surface area contributed by atoms with Gasteiger partial charge in [-0.25, -0.2) is 4.98 Å². The number of fused-ring (bicyclic) bond motifs is 4. The third-order valence-electron chi connectivity index (χ3n) is 4.52. The number of aromatic nitrogens is 1. The van der Waals surface area contributed by atoms with Gasteiger partial charge in [0, 0.05) is 46.2 Å². The average Bonchev–Trinajstić information content (AvgIpc) is 2.61. The first kappa shape index (κ1) is 16.1. The molecule has 0 atom stereocenters. The van der Waals surface area contributed by atoms with Gasteiger partial charge in [-0.05, 0) is 38.1 Å². The number of anilines is 1. The second-order valence-corrected chi connectivity index (χ2v) is 6.87. The molecule has 0 aromatic heterocycles. The molecule has 0 radical (unpaired) electrons. The lowest BCUT2D eigenvalue weighted by Gasteiger charge is -2.21.